The summed E-state index contributed by atoms with van der Waals surface area (Å²) in [5.74, 6) is -4.31. The minimum absolute atomic E-state index is 0.247. The van der Waals surface area contributed by atoms with Gasteiger partial charge in [-0.2, -0.15) is 0 Å². The lowest BCUT2D eigenvalue weighted by Crippen LogP contribution is -2.53. The van der Waals surface area contributed by atoms with Crippen LogP contribution in [0.5, 0.6) is 0 Å². The third-order valence-corrected chi connectivity index (χ3v) is 4.48. The Morgan fingerprint density at radius 3 is 1.94 bits per heavy atom. The fourth-order valence-corrected chi connectivity index (χ4v) is 3.60. The molecule has 6 unspecified atom stereocenters. The first-order chi connectivity index (χ1) is 8.43. The molecule has 2 saturated carbocycles. The van der Waals surface area contributed by atoms with Crippen molar-refractivity contribution in [1.82, 2.24) is 0 Å². The molecule has 18 heavy (non-hydrogen) atoms. The van der Waals surface area contributed by atoms with Gasteiger partial charge < -0.3 is 20.4 Å². The number of carboxylic acids is 2. The van der Waals surface area contributed by atoms with Crippen LogP contribution in [0.2, 0.25) is 0 Å². The van der Waals surface area contributed by atoms with E-state index in [1.807, 2.05) is 0 Å². The Hall–Kier alpha value is -1.14. The van der Waals surface area contributed by atoms with Gasteiger partial charge in [0.15, 0.2) is 0 Å². The SMILES string of the molecule is O=C(O)C1CCC(C(=O)O)C2C(O)C(O)CCC12. The molecule has 2 fully saturated rings. The molecule has 2 aliphatic carbocycles. The largest absolute Gasteiger partial charge is 0.481 e. The number of carbonyl (C=O) groups is 2. The van der Waals surface area contributed by atoms with Crippen LogP contribution >= 0.6 is 0 Å². The van der Waals surface area contributed by atoms with Gasteiger partial charge in [-0.15, -0.1) is 0 Å². The van der Waals surface area contributed by atoms with Gasteiger partial charge in [-0.05, 0) is 31.6 Å². The van der Waals surface area contributed by atoms with E-state index in [0.717, 1.165) is 0 Å². The van der Waals surface area contributed by atoms with Gasteiger partial charge in [-0.3, -0.25) is 9.59 Å². The number of rotatable bonds is 2. The molecule has 0 bridgehead atoms. The van der Waals surface area contributed by atoms with Crippen LogP contribution in [-0.4, -0.2) is 44.6 Å². The zero-order chi connectivity index (χ0) is 13.4. The fraction of sp³-hybridized carbons (Fsp3) is 0.833. The lowest BCUT2D eigenvalue weighted by molar-refractivity contribution is -0.169. The Morgan fingerprint density at radius 1 is 0.833 bits per heavy atom. The zero-order valence-corrected chi connectivity index (χ0v) is 9.90. The molecule has 0 amide bonds. The van der Waals surface area contributed by atoms with E-state index in [1.165, 1.54) is 0 Å². The molecule has 0 heterocycles. The molecule has 0 aromatic heterocycles. The zero-order valence-electron chi connectivity index (χ0n) is 9.90. The number of hydrogen-bond donors (Lipinski definition) is 4. The minimum Gasteiger partial charge on any atom is -0.481 e. The third-order valence-electron chi connectivity index (χ3n) is 4.48. The smallest absolute Gasteiger partial charge is 0.306 e. The number of fused-ring (bicyclic) bond motifs is 1. The Bertz CT molecular complexity index is 354. The molecule has 0 radical (unpaired) electrons. The molecule has 6 heteroatoms. The summed E-state index contributed by atoms with van der Waals surface area (Å²) < 4.78 is 0. The lowest BCUT2D eigenvalue weighted by atomic mass is 9.59. The van der Waals surface area contributed by atoms with Crippen LogP contribution in [0.15, 0.2) is 0 Å². The predicted molar refractivity (Wildman–Crippen MR) is 59.7 cm³/mol. The van der Waals surface area contributed by atoms with Crippen molar-refractivity contribution in [2.75, 3.05) is 0 Å². The average molecular weight is 258 g/mol. The normalized spacial score (nSPS) is 44.1. The molecule has 6 atom stereocenters. The van der Waals surface area contributed by atoms with Gasteiger partial charge in [-0.1, -0.05) is 0 Å². The summed E-state index contributed by atoms with van der Waals surface area (Å²) in [6.07, 6.45) is -0.706. The molecule has 6 nitrogen and oxygen atoms in total. The highest BCUT2D eigenvalue weighted by Crippen LogP contribution is 2.47. The van der Waals surface area contributed by atoms with Crippen LogP contribution in [0.1, 0.15) is 25.7 Å². The summed E-state index contributed by atoms with van der Waals surface area (Å²) in [7, 11) is 0. The van der Waals surface area contributed by atoms with Crippen molar-refractivity contribution < 1.29 is 30.0 Å². The van der Waals surface area contributed by atoms with E-state index in [2.05, 4.69) is 0 Å². The summed E-state index contributed by atoms with van der Waals surface area (Å²) >= 11 is 0. The first-order valence-electron chi connectivity index (χ1n) is 6.25. The summed E-state index contributed by atoms with van der Waals surface area (Å²) in [5.41, 5.74) is 0. The number of aliphatic hydroxyl groups is 2. The molecule has 2 aliphatic rings. The number of carboxylic acid groups (broad SMARTS) is 2. The first-order valence-corrected chi connectivity index (χ1v) is 6.25. The number of aliphatic hydroxyl groups excluding tert-OH is 2. The average Bonchev–Trinajstić information content (AvgIpc) is 2.32. The molecule has 0 aromatic carbocycles. The van der Waals surface area contributed by atoms with Crippen LogP contribution in [0, 0.1) is 23.7 Å². The summed E-state index contributed by atoms with van der Waals surface area (Å²) in [4.78, 5) is 22.4. The number of hydrogen-bond acceptors (Lipinski definition) is 4. The van der Waals surface area contributed by atoms with E-state index < -0.39 is 41.9 Å². The second-order valence-corrected chi connectivity index (χ2v) is 5.34. The van der Waals surface area contributed by atoms with Crippen LogP contribution < -0.4 is 0 Å². The molecule has 0 spiro atoms. The molecule has 102 valence electrons. The van der Waals surface area contributed by atoms with Crippen LogP contribution in [0.4, 0.5) is 0 Å². The maximum absolute atomic E-state index is 11.2. The van der Waals surface area contributed by atoms with E-state index >= 15 is 0 Å². The van der Waals surface area contributed by atoms with Crippen molar-refractivity contribution in [3.8, 4) is 0 Å². The van der Waals surface area contributed by atoms with Crippen molar-refractivity contribution in [1.29, 1.82) is 0 Å². The van der Waals surface area contributed by atoms with Gasteiger partial charge in [0.2, 0.25) is 0 Å². The van der Waals surface area contributed by atoms with E-state index in [0.29, 0.717) is 19.3 Å². The predicted octanol–water partition coefficient (Wildman–Crippen LogP) is -0.0702. The van der Waals surface area contributed by atoms with Crippen molar-refractivity contribution in [3.05, 3.63) is 0 Å². The topological polar surface area (TPSA) is 115 Å². The first kappa shape index (κ1) is 13.3. The van der Waals surface area contributed by atoms with Gasteiger partial charge in [0.1, 0.15) is 0 Å². The van der Waals surface area contributed by atoms with Gasteiger partial charge in [-0.25, -0.2) is 0 Å². The molecule has 2 rings (SSSR count). The standard InChI is InChI=1S/C12H18O6/c13-8-4-3-5-6(11(15)16)1-2-7(12(17)18)9(5)10(8)14/h5-10,13-14H,1-4H2,(H,15,16)(H,17,18). The highest BCUT2D eigenvalue weighted by Gasteiger charge is 2.51. The van der Waals surface area contributed by atoms with Crippen molar-refractivity contribution in [2.45, 2.75) is 37.9 Å². The molecule has 0 aliphatic heterocycles. The number of aliphatic carboxylic acids is 2. The van der Waals surface area contributed by atoms with Crippen LogP contribution in [0.25, 0.3) is 0 Å². The Kier molecular flexibility index (Phi) is 3.59. The quantitative estimate of drug-likeness (QED) is 0.551. The van der Waals surface area contributed by atoms with Crippen LogP contribution in [-0.2, 0) is 9.59 Å². The van der Waals surface area contributed by atoms with Crippen LogP contribution in [0.3, 0.4) is 0 Å². The minimum atomic E-state index is -1.13. The molecular formula is C12H18O6. The highest BCUT2D eigenvalue weighted by atomic mass is 16.4. The maximum Gasteiger partial charge on any atom is 0.306 e. The molecule has 4 N–H and O–H groups in total. The summed E-state index contributed by atoms with van der Waals surface area (Å²) in [6.45, 7) is 0. The highest BCUT2D eigenvalue weighted by molar-refractivity contribution is 5.73. The maximum atomic E-state index is 11.2. The van der Waals surface area contributed by atoms with Gasteiger partial charge in [0, 0.05) is 5.92 Å². The van der Waals surface area contributed by atoms with Crippen molar-refractivity contribution in [3.63, 3.8) is 0 Å². The van der Waals surface area contributed by atoms with E-state index in [-0.39, 0.29) is 12.3 Å². The Morgan fingerprint density at radius 2 is 1.39 bits per heavy atom. The summed E-state index contributed by atoms with van der Waals surface area (Å²) in [5, 5.41) is 38.0. The van der Waals surface area contributed by atoms with Gasteiger partial charge in [0.05, 0.1) is 24.0 Å². The monoisotopic (exact) mass is 258 g/mol. The summed E-state index contributed by atoms with van der Waals surface area (Å²) in [6, 6.07) is 0. The van der Waals surface area contributed by atoms with E-state index in [4.69, 9.17) is 10.2 Å². The van der Waals surface area contributed by atoms with Crippen molar-refractivity contribution in [2.24, 2.45) is 23.7 Å². The van der Waals surface area contributed by atoms with Crippen molar-refractivity contribution >= 4 is 11.9 Å². The Labute approximate surface area is 104 Å². The fourth-order valence-electron chi connectivity index (χ4n) is 3.60. The molecule has 0 aromatic rings. The van der Waals surface area contributed by atoms with Gasteiger partial charge in [0.25, 0.3) is 0 Å². The van der Waals surface area contributed by atoms with E-state index in [1.54, 1.807) is 0 Å². The lowest BCUT2D eigenvalue weighted by Gasteiger charge is -2.46. The van der Waals surface area contributed by atoms with Gasteiger partial charge >= 0.3 is 11.9 Å². The second kappa shape index (κ2) is 4.85. The van der Waals surface area contributed by atoms with E-state index in [9.17, 15) is 19.8 Å². The Balaban J connectivity index is 2.28. The molecular weight excluding hydrogens is 240 g/mol. The second-order valence-electron chi connectivity index (χ2n) is 5.34. The third kappa shape index (κ3) is 2.10. The molecule has 0 saturated heterocycles.